The Morgan fingerprint density at radius 3 is 2.56 bits per heavy atom. The summed E-state index contributed by atoms with van der Waals surface area (Å²) in [4.78, 5) is 12.3. The van der Waals surface area contributed by atoms with Crippen molar-refractivity contribution in [2.24, 2.45) is 0 Å². The minimum Gasteiger partial charge on any atom is -0.368 e. The molecule has 0 fully saturated rings. The molecule has 1 heterocycles. The molecule has 5 nitrogen and oxygen atoms in total. The lowest BCUT2D eigenvalue weighted by Crippen LogP contribution is -2.08. The van der Waals surface area contributed by atoms with Crippen LogP contribution in [0.1, 0.15) is 13.3 Å². The summed E-state index contributed by atoms with van der Waals surface area (Å²) in [6.45, 7) is 2.80. The normalized spacial score (nSPS) is 10.3. The minimum atomic E-state index is -0.301. The Morgan fingerprint density at radius 2 is 1.89 bits per heavy atom. The van der Waals surface area contributed by atoms with Crippen LogP contribution in [0.15, 0.2) is 24.3 Å². The number of halogens is 1. The monoisotopic (exact) mass is 247 g/mol. The van der Waals surface area contributed by atoms with Crippen LogP contribution in [0.4, 0.5) is 16.3 Å². The fourth-order valence-corrected chi connectivity index (χ4v) is 1.44. The molecule has 0 radical (unpaired) electrons. The van der Waals surface area contributed by atoms with Crippen molar-refractivity contribution in [3.05, 3.63) is 30.1 Å². The molecule has 0 amide bonds. The number of rotatable bonds is 4. The molecule has 3 N–H and O–H groups in total. The molecule has 0 bridgehead atoms. The molecule has 1 aromatic carbocycles. The molecule has 0 saturated heterocycles. The average Bonchev–Trinajstić information content (AvgIpc) is 2.36. The molecule has 94 valence electrons. The third-order valence-electron chi connectivity index (χ3n) is 2.29. The van der Waals surface area contributed by atoms with E-state index in [2.05, 4.69) is 20.3 Å². The van der Waals surface area contributed by atoms with Gasteiger partial charge in [0, 0.05) is 12.1 Å². The first kappa shape index (κ1) is 12.2. The highest BCUT2D eigenvalue weighted by molar-refractivity contribution is 5.57. The summed E-state index contributed by atoms with van der Waals surface area (Å²) >= 11 is 0. The predicted molar refractivity (Wildman–Crippen MR) is 68.4 cm³/mol. The summed E-state index contributed by atoms with van der Waals surface area (Å²) in [5.74, 6) is 0.706. The number of hydrogen-bond acceptors (Lipinski definition) is 5. The van der Waals surface area contributed by atoms with Crippen LogP contribution in [0, 0.1) is 5.82 Å². The van der Waals surface area contributed by atoms with Gasteiger partial charge in [0.2, 0.25) is 11.9 Å². The van der Waals surface area contributed by atoms with E-state index in [1.807, 2.05) is 6.92 Å². The molecule has 0 aliphatic carbocycles. The Balaban J connectivity index is 2.32. The van der Waals surface area contributed by atoms with Crippen molar-refractivity contribution in [2.45, 2.75) is 13.3 Å². The second-order valence-corrected chi connectivity index (χ2v) is 3.77. The van der Waals surface area contributed by atoms with Crippen LogP contribution in [-0.4, -0.2) is 21.5 Å². The molecule has 1 aromatic heterocycles. The number of nitrogens with one attached hydrogen (secondary N) is 1. The van der Waals surface area contributed by atoms with E-state index in [9.17, 15) is 4.39 Å². The quantitative estimate of drug-likeness (QED) is 0.865. The van der Waals surface area contributed by atoms with Crippen molar-refractivity contribution in [3.63, 3.8) is 0 Å². The van der Waals surface area contributed by atoms with Gasteiger partial charge in [0.1, 0.15) is 5.82 Å². The highest BCUT2D eigenvalue weighted by atomic mass is 19.1. The third kappa shape index (κ3) is 2.91. The molecule has 0 spiro atoms. The lowest BCUT2D eigenvalue weighted by molar-refractivity contribution is 0.628. The molecule has 6 heteroatoms. The summed E-state index contributed by atoms with van der Waals surface area (Å²) in [6.07, 6.45) is 0.956. The van der Waals surface area contributed by atoms with E-state index in [4.69, 9.17) is 5.73 Å². The van der Waals surface area contributed by atoms with Gasteiger partial charge in [0.05, 0.1) is 0 Å². The van der Waals surface area contributed by atoms with E-state index >= 15 is 0 Å². The van der Waals surface area contributed by atoms with Crippen LogP contribution in [0.2, 0.25) is 0 Å². The Labute approximate surface area is 104 Å². The van der Waals surface area contributed by atoms with Crippen molar-refractivity contribution >= 4 is 11.9 Å². The first-order chi connectivity index (χ1) is 8.69. The van der Waals surface area contributed by atoms with E-state index in [0.29, 0.717) is 17.3 Å². The Bertz CT molecular complexity index is 526. The average molecular weight is 247 g/mol. The van der Waals surface area contributed by atoms with Crippen LogP contribution in [0.25, 0.3) is 11.4 Å². The van der Waals surface area contributed by atoms with E-state index in [1.54, 1.807) is 12.1 Å². The minimum absolute atomic E-state index is 0.142. The van der Waals surface area contributed by atoms with E-state index in [-0.39, 0.29) is 11.8 Å². The number of benzene rings is 1. The smallest absolute Gasteiger partial charge is 0.228 e. The second kappa shape index (κ2) is 5.39. The number of anilines is 2. The summed E-state index contributed by atoms with van der Waals surface area (Å²) < 4.78 is 12.8. The number of hydrogen-bond donors (Lipinski definition) is 2. The largest absolute Gasteiger partial charge is 0.368 e. The van der Waals surface area contributed by atoms with Crippen molar-refractivity contribution in [1.82, 2.24) is 15.0 Å². The van der Waals surface area contributed by atoms with Gasteiger partial charge in [-0.3, -0.25) is 0 Å². The molecule has 18 heavy (non-hydrogen) atoms. The molecule has 0 aliphatic heterocycles. The number of nitrogens with two attached hydrogens (primary N) is 1. The Morgan fingerprint density at radius 1 is 1.17 bits per heavy atom. The summed E-state index contributed by atoms with van der Waals surface area (Å²) in [5, 5.41) is 3.04. The maximum Gasteiger partial charge on any atom is 0.228 e. The van der Waals surface area contributed by atoms with Crippen LogP contribution in [0.3, 0.4) is 0 Å². The molecule has 2 rings (SSSR count). The fraction of sp³-hybridized carbons (Fsp3) is 0.250. The maximum absolute atomic E-state index is 12.8. The summed E-state index contributed by atoms with van der Waals surface area (Å²) in [6, 6.07) is 5.92. The van der Waals surface area contributed by atoms with Gasteiger partial charge in [-0.25, -0.2) is 4.39 Å². The van der Waals surface area contributed by atoms with E-state index in [0.717, 1.165) is 13.0 Å². The van der Waals surface area contributed by atoms with E-state index < -0.39 is 0 Å². The van der Waals surface area contributed by atoms with Crippen molar-refractivity contribution in [2.75, 3.05) is 17.6 Å². The topological polar surface area (TPSA) is 76.7 Å². The molecule has 2 aromatic rings. The van der Waals surface area contributed by atoms with Crippen molar-refractivity contribution in [1.29, 1.82) is 0 Å². The van der Waals surface area contributed by atoms with Crippen LogP contribution < -0.4 is 11.1 Å². The molecule has 0 atom stereocenters. The Kier molecular flexibility index (Phi) is 3.66. The Hall–Kier alpha value is -2.24. The van der Waals surface area contributed by atoms with Crippen LogP contribution in [0.5, 0.6) is 0 Å². The van der Waals surface area contributed by atoms with Crippen molar-refractivity contribution < 1.29 is 4.39 Å². The molecule has 0 unspecified atom stereocenters. The van der Waals surface area contributed by atoms with Crippen molar-refractivity contribution in [3.8, 4) is 11.4 Å². The zero-order valence-corrected chi connectivity index (χ0v) is 10.0. The fourth-order valence-electron chi connectivity index (χ4n) is 1.44. The lowest BCUT2D eigenvalue weighted by atomic mass is 10.2. The van der Waals surface area contributed by atoms with Gasteiger partial charge in [-0.05, 0) is 30.7 Å². The van der Waals surface area contributed by atoms with Gasteiger partial charge < -0.3 is 11.1 Å². The predicted octanol–water partition coefficient (Wildman–Crippen LogP) is 2.08. The van der Waals surface area contributed by atoms with Crippen LogP contribution >= 0.6 is 0 Å². The molecule has 0 aliphatic rings. The molecule has 0 saturated carbocycles. The van der Waals surface area contributed by atoms with Gasteiger partial charge in [-0.2, -0.15) is 15.0 Å². The van der Waals surface area contributed by atoms with Gasteiger partial charge in [-0.1, -0.05) is 6.92 Å². The zero-order valence-electron chi connectivity index (χ0n) is 10.0. The summed E-state index contributed by atoms with van der Waals surface area (Å²) in [5.41, 5.74) is 6.32. The third-order valence-corrected chi connectivity index (χ3v) is 2.29. The van der Waals surface area contributed by atoms with Crippen LogP contribution in [-0.2, 0) is 0 Å². The van der Waals surface area contributed by atoms with Gasteiger partial charge in [0.15, 0.2) is 5.82 Å². The molecular formula is C12H14FN5. The number of nitrogen functional groups attached to an aromatic ring is 1. The second-order valence-electron chi connectivity index (χ2n) is 3.77. The number of nitrogens with zero attached hydrogens (tertiary/aromatic N) is 3. The zero-order chi connectivity index (χ0) is 13.0. The van der Waals surface area contributed by atoms with Gasteiger partial charge in [0.25, 0.3) is 0 Å². The highest BCUT2D eigenvalue weighted by Crippen LogP contribution is 2.17. The maximum atomic E-state index is 12.8. The lowest BCUT2D eigenvalue weighted by Gasteiger charge is -2.06. The standard InChI is InChI=1S/C12H14FN5/c1-2-7-15-12-17-10(16-11(14)18-12)8-3-5-9(13)6-4-8/h3-6H,2,7H2,1H3,(H3,14,15,16,17,18). The summed E-state index contributed by atoms with van der Waals surface area (Å²) in [7, 11) is 0. The molecular weight excluding hydrogens is 233 g/mol. The van der Waals surface area contributed by atoms with Gasteiger partial charge >= 0.3 is 0 Å². The van der Waals surface area contributed by atoms with E-state index in [1.165, 1.54) is 12.1 Å². The first-order valence-electron chi connectivity index (χ1n) is 5.70. The van der Waals surface area contributed by atoms with Gasteiger partial charge in [-0.15, -0.1) is 0 Å². The number of aromatic nitrogens is 3. The first-order valence-corrected chi connectivity index (χ1v) is 5.70. The highest BCUT2D eigenvalue weighted by Gasteiger charge is 2.06. The SMILES string of the molecule is CCCNc1nc(N)nc(-c2ccc(F)cc2)n1.